The molecule has 0 aromatic heterocycles. The van der Waals surface area contributed by atoms with Gasteiger partial charge in [0.15, 0.2) is 0 Å². The number of hydrogen-bond acceptors (Lipinski definition) is 3. The minimum absolute atomic E-state index is 0.449. The first-order chi connectivity index (χ1) is 9.58. The summed E-state index contributed by atoms with van der Waals surface area (Å²) in [4.78, 5) is 8.25. The Bertz CT molecular complexity index is 458. The molecule has 0 saturated heterocycles. The largest absolute Gasteiger partial charge is 0.356 e. The van der Waals surface area contributed by atoms with Crippen LogP contribution in [0.2, 0.25) is 0 Å². The summed E-state index contributed by atoms with van der Waals surface area (Å²) in [6, 6.07) is 21.6. The van der Waals surface area contributed by atoms with Crippen LogP contribution in [0.5, 0.6) is 0 Å². The number of hydrogen-bond donors (Lipinski definition) is 1. The predicted molar refractivity (Wildman–Crippen MR) is 77.3 cm³/mol. The number of rotatable bonds is 4. The topological polar surface area (TPSA) is 93.8 Å². The molecule has 0 aliphatic carbocycles. The highest BCUT2D eigenvalue weighted by atomic mass is 16.9. The summed E-state index contributed by atoms with van der Waals surface area (Å²) in [5, 5.41) is 14.8. The molecule has 0 fully saturated rings. The summed E-state index contributed by atoms with van der Waals surface area (Å²) in [6.45, 7) is 0. The smallest absolute Gasteiger partial charge is 0.0925 e. The zero-order valence-electron chi connectivity index (χ0n) is 11.1. The Balaban J connectivity index is 0.000000444. The molecular formula is C15H18N2O3. The molecular weight excluding hydrogens is 256 g/mol. The van der Waals surface area contributed by atoms with E-state index in [0.29, 0.717) is 6.04 Å². The standard InChI is InChI=1S/C15H17N.NO3/c16-15(11-13-7-3-1-4-8-13)12-14-9-5-2-6-10-14;2-1(3)4/h1-10,15H,11-12,16H2;/q;-1/p+1. The van der Waals surface area contributed by atoms with Crippen LogP contribution in [0, 0.1) is 15.3 Å². The predicted octanol–water partition coefficient (Wildman–Crippen LogP) is 1.84. The fourth-order valence-electron chi connectivity index (χ4n) is 1.97. The zero-order valence-corrected chi connectivity index (χ0v) is 11.1. The van der Waals surface area contributed by atoms with E-state index < -0.39 is 5.09 Å². The molecule has 0 spiro atoms. The van der Waals surface area contributed by atoms with Crippen LogP contribution in [-0.4, -0.2) is 11.1 Å². The maximum Gasteiger partial charge on any atom is 0.0925 e. The number of nitrogens with zero attached hydrogens (tertiary/aromatic N) is 1. The van der Waals surface area contributed by atoms with Gasteiger partial charge in [0.2, 0.25) is 0 Å². The van der Waals surface area contributed by atoms with Crippen LogP contribution in [0.15, 0.2) is 60.7 Å². The Labute approximate surface area is 117 Å². The van der Waals surface area contributed by atoms with E-state index in [2.05, 4.69) is 66.4 Å². The minimum atomic E-state index is -1.75. The average molecular weight is 274 g/mol. The summed E-state index contributed by atoms with van der Waals surface area (Å²) in [7, 11) is 0. The monoisotopic (exact) mass is 274 g/mol. The van der Waals surface area contributed by atoms with E-state index in [0.717, 1.165) is 12.8 Å². The van der Waals surface area contributed by atoms with Crippen molar-refractivity contribution in [1.29, 1.82) is 0 Å². The maximum absolute atomic E-state index is 8.25. The van der Waals surface area contributed by atoms with Crippen LogP contribution in [0.1, 0.15) is 11.1 Å². The van der Waals surface area contributed by atoms with Gasteiger partial charge >= 0.3 is 0 Å². The van der Waals surface area contributed by atoms with Gasteiger partial charge in [-0.1, -0.05) is 60.7 Å². The van der Waals surface area contributed by atoms with Gasteiger partial charge in [0, 0.05) is 12.8 Å². The van der Waals surface area contributed by atoms with Gasteiger partial charge in [-0.05, 0) is 11.1 Å². The molecule has 0 aliphatic heterocycles. The first-order valence-corrected chi connectivity index (χ1v) is 6.30. The van der Waals surface area contributed by atoms with Gasteiger partial charge in [0.25, 0.3) is 0 Å². The molecule has 5 heteroatoms. The molecule has 0 radical (unpaired) electrons. The van der Waals surface area contributed by atoms with Crippen molar-refractivity contribution in [3.8, 4) is 0 Å². The minimum Gasteiger partial charge on any atom is -0.356 e. The Hall–Kier alpha value is -2.40. The first kappa shape index (κ1) is 15.7. The number of benzene rings is 2. The Morgan fingerprint density at radius 3 is 1.45 bits per heavy atom. The summed E-state index contributed by atoms with van der Waals surface area (Å²) in [5.41, 5.74) is 6.98. The van der Waals surface area contributed by atoms with Crippen LogP contribution in [0.25, 0.3) is 0 Å². The highest BCUT2D eigenvalue weighted by molar-refractivity contribution is 5.18. The normalized spacial score (nSPS) is 9.70. The van der Waals surface area contributed by atoms with Crippen molar-refractivity contribution in [2.75, 3.05) is 0 Å². The van der Waals surface area contributed by atoms with Crippen LogP contribution in [0.4, 0.5) is 0 Å². The Kier molecular flexibility index (Phi) is 6.78. The van der Waals surface area contributed by atoms with Gasteiger partial charge in [0.1, 0.15) is 0 Å². The van der Waals surface area contributed by atoms with Gasteiger partial charge in [-0.2, -0.15) is 0 Å². The maximum atomic E-state index is 8.25. The molecule has 2 rings (SSSR count). The van der Waals surface area contributed by atoms with Crippen LogP contribution >= 0.6 is 0 Å². The van der Waals surface area contributed by atoms with Crippen molar-refractivity contribution in [1.82, 2.24) is 0 Å². The van der Waals surface area contributed by atoms with Crippen molar-refractivity contribution < 1.29 is 10.8 Å². The van der Waals surface area contributed by atoms with Crippen LogP contribution in [-0.2, 0) is 12.8 Å². The first-order valence-electron chi connectivity index (χ1n) is 6.30. The molecule has 20 heavy (non-hydrogen) atoms. The Morgan fingerprint density at radius 2 is 1.15 bits per heavy atom. The lowest BCUT2D eigenvalue weighted by molar-refractivity contribution is -0.418. The molecule has 0 amide bonds. The van der Waals surface area contributed by atoms with Gasteiger partial charge < -0.3 is 21.1 Å². The molecule has 0 heterocycles. The van der Waals surface area contributed by atoms with Crippen molar-refractivity contribution in [3.63, 3.8) is 0 Å². The summed E-state index contributed by atoms with van der Waals surface area (Å²) in [6.07, 6.45) is 2.10. The van der Waals surface area contributed by atoms with Gasteiger partial charge in [-0.15, -0.1) is 0 Å². The molecule has 0 unspecified atom stereocenters. The van der Waals surface area contributed by atoms with E-state index in [9.17, 15) is 0 Å². The Morgan fingerprint density at radius 1 is 0.850 bits per heavy atom. The third kappa shape index (κ3) is 7.13. The molecule has 3 N–H and O–H groups in total. The van der Waals surface area contributed by atoms with Crippen molar-refractivity contribution in [2.24, 2.45) is 0 Å². The summed E-state index contributed by atoms with van der Waals surface area (Å²) >= 11 is 0. The van der Waals surface area contributed by atoms with Gasteiger partial charge in [-0.3, -0.25) is 0 Å². The van der Waals surface area contributed by atoms with Crippen molar-refractivity contribution in [2.45, 2.75) is 18.9 Å². The molecule has 0 saturated carbocycles. The second kappa shape index (κ2) is 8.66. The fraction of sp³-hybridized carbons (Fsp3) is 0.200. The molecule has 0 atom stereocenters. The van der Waals surface area contributed by atoms with Crippen molar-refractivity contribution >= 4 is 0 Å². The SMILES string of the molecule is O=[N+]([O-])[O-].[NH3+]C(Cc1ccccc1)Cc1ccccc1. The second-order valence-corrected chi connectivity index (χ2v) is 4.47. The number of quaternary nitrogens is 1. The molecule has 106 valence electrons. The molecule has 5 nitrogen and oxygen atoms in total. The summed E-state index contributed by atoms with van der Waals surface area (Å²) < 4.78 is 0. The van der Waals surface area contributed by atoms with E-state index in [1.165, 1.54) is 11.1 Å². The fourth-order valence-corrected chi connectivity index (χ4v) is 1.97. The highest BCUT2D eigenvalue weighted by Crippen LogP contribution is 2.06. The van der Waals surface area contributed by atoms with E-state index in [-0.39, 0.29) is 0 Å². The molecule has 0 aliphatic rings. The lowest BCUT2D eigenvalue weighted by atomic mass is 10.00. The zero-order chi connectivity index (χ0) is 14.8. The average Bonchev–Trinajstić information content (AvgIpc) is 2.40. The lowest BCUT2D eigenvalue weighted by Gasteiger charge is -2.08. The highest BCUT2D eigenvalue weighted by Gasteiger charge is 2.07. The van der Waals surface area contributed by atoms with Crippen LogP contribution in [0.3, 0.4) is 0 Å². The second-order valence-electron chi connectivity index (χ2n) is 4.47. The van der Waals surface area contributed by atoms with Crippen molar-refractivity contribution in [3.05, 3.63) is 87.1 Å². The third-order valence-corrected chi connectivity index (χ3v) is 2.73. The quantitative estimate of drug-likeness (QED) is 0.680. The van der Waals surface area contributed by atoms with E-state index >= 15 is 0 Å². The summed E-state index contributed by atoms with van der Waals surface area (Å²) in [5.74, 6) is 0. The van der Waals surface area contributed by atoms with Gasteiger partial charge in [0.05, 0.1) is 11.1 Å². The molecule has 0 bridgehead atoms. The molecule has 2 aromatic carbocycles. The van der Waals surface area contributed by atoms with E-state index in [1.807, 2.05) is 0 Å². The third-order valence-electron chi connectivity index (χ3n) is 2.73. The molecule has 2 aromatic rings. The van der Waals surface area contributed by atoms with Crippen LogP contribution < -0.4 is 5.73 Å². The lowest BCUT2D eigenvalue weighted by Crippen LogP contribution is -2.63. The van der Waals surface area contributed by atoms with Gasteiger partial charge in [-0.25, -0.2) is 0 Å². The van der Waals surface area contributed by atoms with E-state index in [4.69, 9.17) is 15.3 Å². The van der Waals surface area contributed by atoms with E-state index in [1.54, 1.807) is 0 Å².